The molecule has 1 aliphatic carbocycles. The molecule has 0 aromatic rings. The standard InChI is InChI=1S/C12H20N2O2/c1-3-4-8(2)14-10(15)7-13-12(16)11(14)9-5-6-9/h8-9,11H,3-7H2,1-2H3,(H,13,16). The van der Waals surface area contributed by atoms with Crippen molar-refractivity contribution in [3.8, 4) is 0 Å². The molecule has 0 aromatic carbocycles. The molecule has 2 rings (SSSR count). The van der Waals surface area contributed by atoms with Crippen molar-refractivity contribution in [3.63, 3.8) is 0 Å². The monoisotopic (exact) mass is 224 g/mol. The number of hydrogen-bond donors (Lipinski definition) is 1. The summed E-state index contributed by atoms with van der Waals surface area (Å²) in [7, 11) is 0. The van der Waals surface area contributed by atoms with E-state index in [-0.39, 0.29) is 30.4 Å². The SMILES string of the molecule is CCCC(C)N1C(=O)CNC(=O)C1C1CC1. The van der Waals surface area contributed by atoms with Crippen molar-refractivity contribution in [1.82, 2.24) is 10.2 Å². The molecule has 1 saturated heterocycles. The smallest absolute Gasteiger partial charge is 0.243 e. The third-order valence-electron chi connectivity index (χ3n) is 3.52. The van der Waals surface area contributed by atoms with Gasteiger partial charge in [0.15, 0.2) is 0 Å². The minimum atomic E-state index is -0.192. The van der Waals surface area contributed by atoms with Gasteiger partial charge in [0.2, 0.25) is 11.8 Å². The van der Waals surface area contributed by atoms with Gasteiger partial charge in [0.05, 0.1) is 6.54 Å². The van der Waals surface area contributed by atoms with E-state index in [1.54, 1.807) is 0 Å². The first-order chi connectivity index (χ1) is 7.65. The van der Waals surface area contributed by atoms with E-state index in [1.807, 2.05) is 4.90 Å². The number of nitrogens with one attached hydrogen (secondary N) is 1. The number of carbonyl (C=O) groups excluding carboxylic acids is 2. The molecule has 0 radical (unpaired) electrons. The molecule has 4 nitrogen and oxygen atoms in total. The third-order valence-corrected chi connectivity index (χ3v) is 3.52. The fourth-order valence-corrected chi connectivity index (χ4v) is 2.57. The molecule has 1 N–H and O–H groups in total. The maximum atomic E-state index is 11.9. The highest BCUT2D eigenvalue weighted by atomic mass is 16.2. The zero-order valence-corrected chi connectivity index (χ0v) is 10.0. The molecule has 90 valence electrons. The van der Waals surface area contributed by atoms with Gasteiger partial charge in [0.25, 0.3) is 0 Å². The molecule has 16 heavy (non-hydrogen) atoms. The highest BCUT2D eigenvalue weighted by Crippen LogP contribution is 2.37. The first-order valence-corrected chi connectivity index (χ1v) is 6.24. The van der Waals surface area contributed by atoms with Crippen LogP contribution in [0.5, 0.6) is 0 Å². The molecule has 0 spiro atoms. The van der Waals surface area contributed by atoms with E-state index >= 15 is 0 Å². The van der Waals surface area contributed by atoms with Gasteiger partial charge in [0.1, 0.15) is 6.04 Å². The van der Waals surface area contributed by atoms with Crippen molar-refractivity contribution >= 4 is 11.8 Å². The second kappa shape index (κ2) is 4.44. The molecule has 1 saturated carbocycles. The predicted octanol–water partition coefficient (Wildman–Crippen LogP) is 0.912. The van der Waals surface area contributed by atoms with Crippen molar-refractivity contribution in [2.75, 3.05) is 6.54 Å². The van der Waals surface area contributed by atoms with E-state index in [0.717, 1.165) is 25.7 Å². The van der Waals surface area contributed by atoms with E-state index in [1.165, 1.54) is 0 Å². The van der Waals surface area contributed by atoms with E-state index in [2.05, 4.69) is 19.2 Å². The van der Waals surface area contributed by atoms with Crippen molar-refractivity contribution in [2.24, 2.45) is 5.92 Å². The molecule has 2 aliphatic rings. The van der Waals surface area contributed by atoms with Gasteiger partial charge in [0, 0.05) is 6.04 Å². The third kappa shape index (κ3) is 2.06. The van der Waals surface area contributed by atoms with Crippen LogP contribution in [-0.2, 0) is 9.59 Å². The molecule has 2 atom stereocenters. The van der Waals surface area contributed by atoms with Gasteiger partial charge in [-0.05, 0) is 32.1 Å². The summed E-state index contributed by atoms with van der Waals surface area (Å²) in [6.45, 7) is 4.34. The quantitative estimate of drug-likeness (QED) is 0.771. The summed E-state index contributed by atoms with van der Waals surface area (Å²) in [5, 5.41) is 2.70. The predicted molar refractivity (Wildman–Crippen MR) is 60.7 cm³/mol. The largest absolute Gasteiger partial charge is 0.345 e. The molecule has 4 heteroatoms. The summed E-state index contributed by atoms with van der Waals surface area (Å²) in [5.74, 6) is 0.533. The Morgan fingerprint density at radius 3 is 2.69 bits per heavy atom. The van der Waals surface area contributed by atoms with Gasteiger partial charge in [-0.25, -0.2) is 0 Å². The molecular formula is C12H20N2O2. The average molecular weight is 224 g/mol. The summed E-state index contributed by atoms with van der Waals surface area (Å²) < 4.78 is 0. The van der Waals surface area contributed by atoms with Crippen LogP contribution in [0.2, 0.25) is 0 Å². The lowest BCUT2D eigenvalue weighted by atomic mass is 10.0. The van der Waals surface area contributed by atoms with E-state index in [4.69, 9.17) is 0 Å². The topological polar surface area (TPSA) is 49.4 Å². The van der Waals surface area contributed by atoms with Crippen molar-refractivity contribution in [3.05, 3.63) is 0 Å². The summed E-state index contributed by atoms with van der Waals surface area (Å²) >= 11 is 0. The van der Waals surface area contributed by atoms with Crippen LogP contribution in [0.1, 0.15) is 39.5 Å². The highest BCUT2D eigenvalue weighted by molar-refractivity contribution is 5.95. The van der Waals surface area contributed by atoms with Crippen LogP contribution < -0.4 is 5.32 Å². The summed E-state index contributed by atoms with van der Waals surface area (Å²) in [5.41, 5.74) is 0. The first kappa shape index (κ1) is 11.4. The zero-order valence-electron chi connectivity index (χ0n) is 10.0. The van der Waals surface area contributed by atoms with Crippen molar-refractivity contribution < 1.29 is 9.59 Å². The molecular weight excluding hydrogens is 204 g/mol. The molecule has 0 bridgehead atoms. The number of rotatable bonds is 4. The normalized spacial score (nSPS) is 27.9. The molecule has 0 aromatic heterocycles. The van der Waals surface area contributed by atoms with Crippen LogP contribution >= 0.6 is 0 Å². The van der Waals surface area contributed by atoms with E-state index < -0.39 is 0 Å². The van der Waals surface area contributed by atoms with Crippen LogP contribution in [-0.4, -0.2) is 35.3 Å². The van der Waals surface area contributed by atoms with Gasteiger partial charge in [-0.3, -0.25) is 9.59 Å². The second-order valence-corrected chi connectivity index (χ2v) is 4.94. The Hall–Kier alpha value is -1.06. The Kier molecular flexibility index (Phi) is 3.17. The van der Waals surface area contributed by atoms with Crippen LogP contribution in [0, 0.1) is 5.92 Å². The first-order valence-electron chi connectivity index (χ1n) is 6.24. The van der Waals surface area contributed by atoms with Gasteiger partial charge in [-0.2, -0.15) is 0 Å². The summed E-state index contributed by atoms with van der Waals surface area (Å²) in [6.07, 6.45) is 4.19. The Bertz CT molecular complexity index is 299. The Balaban J connectivity index is 2.14. The van der Waals surface area contributed by atoms with Gasteiger partial charge >= 0.3 is 0 Å². The number of nitrogens with zero attached hydrogens (tertiary/aromatic N) is 1. The molecule has 1 heterocycles. The van der Waals surface area contributed by atoms with Crippen LogP contribution in [0.3, 0.4) is 0 Å². The number of carbonyl (C=O) groups is 2. The van der Waals surface area contributed by atoms with Crippen molar-refractivity contribution in [2.45, 2.75) is 51.6 Å². The minimum absolute atomic E-state index is 0.0463. The molecule has 2 fully saturated rings. The van der Waals surface area contributed by atoms with Crippen LogP contribution in [0.15, 0.2) is 0 Å². The number of hydrogen-bond acceptors (Lipinski definition) is 2. The minimum Gasteiger partial charge on any atom is -0.345 e. The highest BCUT2D eigenvalue weighted by Gasteiger charge is 2.45. The lowest BCUT2D eigenvalue weighted by Crippen LogP contribution is -2.61. The van der Waals surface area contributed by atoms with Gasteiger partial charge < -0.3 is 10.2 Å². The molecule has 1 aliphatic heterocycles. The lowest BCUT2D eigenvalue weighted by molar-refractivity contribution is -0.149. The molecule has 2 amide bonds. The Morgan fingerprint density at radius 2 is 2.12 bits per heavy atom. The fourth-order valence-electron chi connectivity index (χ4n) is 2.57. The van der Waals surface area contributed by atoms with Crippen molar-refractivity contribution in [1.29, 1.82) is 0 Å². The Morgan fingerprint density at radius 1 is 1.44 bits per heavy atom. The van der Waals surface area contributed by atoms with E-state index in [0.29, 0.717) is 5.92 Å². The number of piperazine rings is 1. The van der Waals surface area contributed by atoms with Crippen LogP contribution in [0.25, 0.3) is 0 Å². The maximum absolute atomic E-state index is 11.9. The zero-order chi connectivity index (χ0) is 11.7. The van der Waals surface area contributed by atoms with Gasteiger partial charge in [-0.15, -0.1) is 0 Å². The van der Waals surface area contributed by atoms with Gasteiger partial charge in [-0.1, -0.05) is 13.3 Å². The maximum Gasteiger partial charge on any atom is 0.243 e. The van der Waals surface area contributed by atoms with E-state index in [9.17, 15) is 9.59 Å². The second-order valence-electron chi connectivity index (χ2n) is 4.94. The summed E-state index contributed by atoms with van der Waals surface area (Å²) in [4.78, 5) is 25.6. The fraction of sp³-hybridized carbons (Fsp3) is 0.833. The lowest BCUT2D eigenvalue weighted by Gasteiger charge is -2.39. The number of amides is 2. The van der Waals surface area contributed by atoms with Crippen LogP contribution in [0.4, 0.5) is 0 Å². The summed E-state index contributed by atoms with van der Waals surface area (Å²) in [6, 6.07) is -0.00282. The average Bonchev–Trinajstić information content (AvgIpc) is 3.05. The Labute approximate surface area is 96.4 Å². The molecule has 2 unspecified atom stereocenters.